The minimum Gasteiger partial charge on any atom is -0.493 e. The molecule has 1 atom stereocenters. The first-order valence-corrected chi connectivity index (χ1v) is 9.38. The highest BCUT2D eigenvalue weighted by atomic mass is 19.3. The third-order valence-corrected chi connectivity index (χ3v) is 4.75. The number of fused-ring (bicyclic) bond motifs is 1. The molecule has 0 saturated carbocycles. The number of aryl methyl sites for hydroxylation is 1. The SMILES string of the molecule is CCc1ccc2c(C[NH+](C)Cc3ccc(OC(F)F)c(OC)c3)cc(=O)oc2c1. The molecule has 0 fully saturated rings. The van der Waals surface area contributed by atoms with Crippen molar-refractivity contribution >= 4 is 11.0 Å². The Balaban J connectivity index is 1.80. The maximum atomic E-state index is 12.5. The lowest BCUT2D eigenvalue weighted by Crippen LogP contribution is -3.06. The molecule has 154 valence electrons. The summed E-state index contributed by atoms with van der Waals surface area (Å²) in [6.45, 7) is 0.354. The van der Waals surface area contributed by atoms with Gasteiger partial charge in [0, 0.05) is 22.6 Å². The number of halogens is 2. The van der Waals surface area contributed by atoms with E-state index in [0.29, 0.717) is 18.7 Å². The number of ether oxygens (including phenoxy) is 2. The minimum absolute atomic E-state index is 0.00212. The molecule has 0 aliphatic heterocycles. The van der Waals surface area contributed by atoms with E-state index in [2.05, 4.69) is 4.74 Å². The van der Waals surface area contributed by atoms with Crippen molar-refractivity contribution in [3.8, 4) is 11.5 Å². The van der Waals surface area contributed by atoms with Crippen LogP contribution in [-0.4, -0.2) is 20.8 Å². The van der Waals surface area contributed by atoms with Gasteiger partial charge in [0.15, 0.2) is 11.5 Å². The highest BCUT2D eigenvalue weighted by Gasteiger charge is 2.15. The van der Waals surface area contributed by atoms with E-state index >= 15 is 0 Å². The van der Waals surface area contributed by atoms with Gasteiger partial charge in [-0.1, -0.05) is 19.1 Å². The highest BCUT2D eigenvalue weighted by Crippen LogP contribution is 2.29. The average molecular weight is 404 g/mol. The molecular weight excluding hydrogens is 380 g/mol. The Morgan fingerprint density at radius 1 is 1.03 bits per heavy atom. The van der Waals surface area contributed by atoms with Crippen LogP contribution in [0.2, 0.25) is 0 Å². The van der Waals surface area contributed by atoms with Crippen molar-refractivity contribution in [1.82, 2.24) is 0 Å². The molecule has 0 bridgehead atoms. The summed E-state index contributed by atoms with van der Waals surface area (Å²) >= 11 is 0. The number of benzene rings is 2. The van der Waals surface area contributed by atoms with Gasteiger partial charge < -0.3 is 18.8 Å². The third kappa shape index (κ3) is 5.12. The Hall–Kier alpha value is -2.93. The number of methoxy groups -OCH3 is 1. The van der Waals surface area contributed by atoms with E-state index in [0.717, 1.165) is 33.4 Å². The van der Waals surface area contributed by atoms with E-state index in [4.69, 9.17) is 9.15 Å². The molecule has 1 heterocycles. The van der Waals surface area contributed by atoms with Gasteiger partial charge in [0.1, 0.15) is 18.7 Å². The Kier molecular flexibility index (Phi) is 6.49. The normalized spacial score (nSPS) is 12.3. The summed E-state index contributed by atoms with van der Waals surface area (Å²) in [6.07, 6.45) is 0.863. The predicted molar refractivity (Wildman–Crippen MR) is 106 cm³/mol. The van der Waals surface area contributed by atoms with E-state index in [-0.39, 0.29) is 17.1 Å². The van der Waals surface area contributed by atoms with Crippen LogP contribution in [0.1, 0.15) is 23.6 Å². The van der Waals surface area contributed by atoms with Gasteiger partial charge in [-0.15, -0.1) is 0 Å². The molecule has 0 radical (unpaired) electrons. The van der Waals surface area contributed by atoms with E-state index in [9.17, 15) is 13.6 Å². The average Bonchev–Trinajstić information content (AvgIpc) is 2.68. The lowest BCUT2D eigenvalue weighted by molar-refractivity contribution is -0.907. The van der Waals surface area contributed by atoms with E-state index in [1.807, 2.05) is 32.2 Å². The first-order chi connectivity index (χ1) is 13.9. The molecule has 0 amide bonds. The van der Waals surface area contributed by atoms with Crippen LogP contribution in [0, 0.1) is 0 Å². The second kappa shape index (κ2) is 9.05. The topological polar surface area (TPSA) is 53.1 Å². The van der Waals surface area contributed by atoms with Crippen molar-refractivity contribution in [3.05, 3.63) is 69.6 Å². The molecule has 1 N–H and O–H groups in total. The molecule has 0 saturated heterocycles. The Morgan fingerprint density at radius 2 is 1.79 bits per heavy atom. The number of alkyl halides is 2. The summed E-state index contributed by atoms with van der Waals surface area (Å²) in [5, 5.41) is 0.916. The van der Waals surface area contributed by atoms with E-state index in [1.165, 1.54) is 19.2 Å². The molecule has 29 heavy (non-hydrogen) atoms. The molecule has 3 aromatic rings. The molecule has 3 rings (SSSR count). The molecule has 7 heteroatoms. The van der Waals surface area contributed by atoms with Crippen LogP contribution in [0.25, 0.3) is 11.0 Å². The molecule has 5 nitrogen and oxygen atoms in total. The van der Waals surface area contributed by atoms with Gasteiger partial charge in [-0.25, -0.2) is 4.79 Å². The number of nitrogens with one attached hydrogen (secondary N) is 1. The summed E-state index contributed by atoms with van der Waals surface area (Å²) in [5.41, 5.74) is 3.14. The maximum Gasteiger partial charge on any atom is 0.387 e. The third-order valence-electron chi connectivity index (χ3n) is 4.75. The van der Waals surface area contributed by atoms with Crippen LogP contribution >= 0.6 is 0 Å². The number of quaternary nitrogens is 1. The second-order valence-corrected chi connectivity index (χ2v) is 6.95. The molecule has 2 aromatic carbocycles. The number of hydrogen-bond donors (Lipinski definition) is 1. The van der Waals surface area contributed by atoms with Crippen LogP contribution in [0.5, 0.6) is 11.5 Å². The Morgan fingerprint density at radius 3 is 2.48 bits per heavy atom. The largest absolute Gasteiger partial charge is 0.493 e. The fraction of sp³-hybridized carbons (Fsp3) is 0.318. The zero-order valence-corrected chi connectivity index (χ0v) is 16.6. The molecule has 0 spiro atoms. The quantitative estimate of drug-likeness (QED) is 0.586. The van der Waals surface area contributed by atoms with Gasteiger partial charge >= 0.3 is 12.2 Å². The van der Waals surface area contributed by atoms with Crippen molar-refractivity contribution in [1.29, 1.82) is 0 Å². The second-order valence-electron chi connectivity index (χ2n) is 6.95. The van der Waals surface area contributed by atoms with Crippen LogP contribution in [0.4, 0.5) is 8.78 Å². The van der Waals surface area contributed by atoms with Crippen LogP contribution in [0.15, 0.2) is 51.7 Å². The van der Waals surface area contributed by atoms with Crippen molar-refractivity contribution < 1.29 is 27.6 Å². The van der Waals surface area contributed by atoms with Crippen molar-refractivity contribution in [2.75, 3.05) is 14.2 Å². The van der Waals surface area contributed by atoms with Crippen LogP contribution in [0.3, 0.4) is 0 Å². The lowest BCUT2D eigenvalue weighted by Gasteiger charge is -2.17. The first kappa shape index (κ1) is 20.8. The Bertz CT molecular complexity index is 1050. The summed E-state index contributed by atoms with van der Waals surface area (Å²) in [5.74, 6) is 0.260. The minimum atomic E-state index is -2.91. The zero-order valence-electron chi connectivity index (χ0n) is 16.6. The number of hydrogen-bond acceptors (Lipinski definition) is 4. The molecule has 1 unspecified atom stereocenters. The van der Waals surface area contributed by atoms with E-state index < -0.39 is 6.61 Å². The summed E-state index contributed by atoms with van der Waals surface area (Å²) in [4.78, 5) is 13.1. The molecular formula is C22H24F2NO4+. The fourth-order valence-electron chi connectivity index (χ4n) is 3.39. The molecule has 1 aromatic heterocycles. The van der Waals surface area contributed by atoms with Gasteiger partial charge in [0.25, 0.3) is 0 Å². The monoisotopic (exact) mass is 404 g/mol. The summed E-state index contributed by atoms with van der Waals surface area (Å²) < 4.78 is 40.0. The van der Waals surface area contributed by atoms with E-state index in [1.54, 1.807) is 12.1 Å². The van der Waals surface area contributed by atoms with Crippen LogP contribution in [-0.2, 0) is 19.5 Å². The lowest BCUT2D eigenvalue weighted by atomic mass is 10.1. The van der Waals surface area contributed by atoms with Gasteiger partial charge in [-0.3, -0.25) is 0 Å². The van der Waals surface area contributed by atoms with Gasteiger partial charge in [-0.2, -0.15) is 8.78 Å². The first-order valence-electron chi connectivity index (χ1n) is 9.38. The van der Waals surface area contributed by atoms with Gasteiger partial charge in [0.05, 0.1) is 14.2 Å². The Labute approximate surface area is 167 Å². The smallest absolute Gasteiger partial charge is 0.387 e. The van der Waals surface area contributed by atoms with Gasteiger partial charge in [-0.05, 0) is 36.2 Å². The zero-order chi connectivity index (χ0) is 21.0. The summed E-state index contributed by atoms with van der Waals surface area (Å²) in [6, 6.07) is 12.3. The highest BCUT2D eigenvalue weighted by molar-refractivity contribution is 5.80. The summed E-state index contributed by atoms with van der Waals surface area (Å²) in [7, 11) is 3.41. The van der Waals surface area contributed by atoms with Crippen molar-refractivity contribution in [2.24, 2.45) is 0 Å². The molecule has 0 aliphatic carbocycles. The standard InChI is InChI=1S/C22H23F2NO4/c1-4-14-5-7-17-16(11-21(26)28-19(17)9-14)13-25(2)12-15-6-8-18(29-22(23)24)20(10-15)27-3/h5-11,22H,4,12-13H2,1-3H3/p+1. The van der Waals surface area contributed by atoms with Crippen LogP contribution < -0.4 is 20.0 Å². The fourth-order valence-corrected chi connectivity index (χ4v) is 3.39. The van der Waals surface area contributed by atoms with Gasteiger partial charge in [0.2, 0.25) is 0 Å². The van der Waals surface area contributed by atoms with Crippen molar-refractivity contribution in [3.63, 3.8) is 0 Å². The van der Waals surface area contributed by atoms with Crippen molar-refractivity contribution in [2.45, 2.75) is 33.0 Å². The predicted octanol–water partition coefficient (Wildman–Crippen LogP) is 3.18. The number of rotatable bonds is 8. The molecule has 0 aliphatic rings. The maximum absolute atomic E-state index is 12.5.